The number of nitrogens with one attached hydrogen (secondary N) is 2. The lowest BCUT2D eigenvalue weighted by Crippen LogP contribution is -2.54. The Morgan fingerprint density at radius 1 is 0.837 bits per heavy atom. The molecule has 9 heteroatoms. The second-order valence-electron chi connectivity index (χ2n) is 17.1. The Balaban J connectivity index is 1.06. The maximum atomic E-state index is 13.6. The molecule has 0 radical (unpaired) electrons. The Labute approximate surface area is 294 Å². The maximum absolute atomic E-state index is 13.6. The summed E-state index contributed by atoms with van der Waals surface area (Å²) in [4.78, 5) is 25.7. The predicted molar refractivity (Wildman–Crippen MR) is 189 cm³/mol. The van der Waals surface area contributed by atoms with E-state index >= 15 is 0 Å². The predicted octanol–water partition coefficient (Wildman–Crippen LogP) is 3.71. The third-order valence-electron chi connectivity index (χ3n) is 14.0. The minimum Gasteiger partial charge on any atom is -0.393 e. The smallest absolute Gasteiger partial charge is 0.150 e. The highest BCUT2D eigenvalue weighted by atomic mass is 16.5. The fourth-order valence-corrected chi connectivity index (χ4v) is 11.1. The van der Waals surface area contributed by atoms with Gasteiger partial charge in [-0.15, -0.1) is 0 Å². The van der Waals surface area contributed by atoms with E-state index in [0.29, 0.717) is 86.4 Å². The molecule has 3 saturated carbocycles. The summed E-state index contributed by atoms with van der Waals surface area (Å²) >= 11 is 0. The summed E-state index contributed by atoms with van der Waals surface area (Å²) in [6, 6.07) is 0.368. The van der Waals surface area contributed by atoms with Crippen molar-refractivity contribution < 1.29 is 29.6 Å². The van der Waals surface area contributed by atoms with E-state index in [-0.39, 0.29) is 35.8 Å². The van der Waals surface area contributed by atoms with Crippen LogP contribution in [0.3, 0.4) is 0 Å². The molecule has 0 spiro atoms. The zero-order valence-corrected chi connectivity index (χ0v) is 29.9. The zero-order chi connectivity index (χ0) is 34.5. The number of Topliss-reactive ketones (excluding diaryl/α,β-unsaturated/α-hetero) is 2. The second-order valence-corrected chi connectivity index (χ2v) is 17.1. The first-order chi connectivity index (χ1) is 23.7. The van der Waals surface area contributed by atoms with Crippen molar-refractivity contribution in [3.8, 4) is 11.8 Å². The van der Waals surface area contributed by atoms with Crippen LogP contribution in [-0.2, 0) is 14.3 Å². The van der Waals surface area contributed by atoms with Gasteiger partial charge >= 0.3 is 0 Å². The van der Waals surface area contributed by atoms with E-state index < -0.39 is 24.2 Å². The number of aliphatic hydroxyl groups is 3. The van der Waals surface area contributed by atoms with Gasteiger partial charge in [0.1, 0.15) is 17.5 Å². The van der Waals surface area contributed by atoms with Crippen molar-refractivity contribution in [3.63, 3.8) is 0 Å². The van der Waals surface area contributed by atoms with Crippen molar-refractivity contribution in [3.05, 3.63) is 0 Å². The van der Waals surface area contributed by atoms with E-state index in [2.05, 4.69) is 22.5 Å². The minimum atomic E-state index is -0.782. The third-order valence-corrected chi connectivity index (χ3v) is 14.0. The molecular formula is C40H65N3O6. The van der Waals surface area contributed by atoms with E-state index in [4.69, 9.17) is 10.5 Å². The number of nitrogens with two attached hydrogens (primary N) is 1. The van der Waals surface area contributed by atoms with Gasteiger partial charge in [-0.3, -0.25) is 9.59 Å². The summed E-state index contributed by atoms with van der Waals surface area (Å²) < 4.78 is 5.64. The molecule has 49 heavy (non-hydrogen) atoms. The van der Waals surface area contributed by atoms with E-state index in [0.717, 1.165) is 77.3 Å². The lowest BCUT2D eigenvalue weighted by atomic mass is 9.61. The van der Waals surface area contributed by atoms with Crippen LogP contribution < -0.4 is 16.4 Å². The van der Waals surface area contributed by atoms with Gasteiger partial charge in [0.25, 0.3) is 0 Å². The lowest BCUT2D eigenvalue weighted by molar-refractivity contribution is -0.125. The number of carbonyl (C=O) groups is 2. The Hall–Kier alpha value is -1.38. The Morgan fingerprint density at radius 2 is 1.63 bits per heavy atom. The van der Waals surface area contributed by atoms with E-state index in [9.17, 15) is 24.9 Å². The van der Waals surface area contributed by atoms with E-state index in [1.165, 1.54) is 6.42 Å². The van der Waals surface area contributed by atoms with E-state index in [1.807, 2.05) is 0 Å². The molecule has 6 rings (SSSR count). The molecule has 0 aromatic carbocycles. The number of piperidine rings is 2. The number of hydrogen-bond donors (Lipinski definition) is 6. The van der Waals surface area contributed by atoms with Gasteiger partial charge in [0.05, 0.1) is 30.6 Å². The molecular weight excluding hydrogens is 618 g/mol. The number of aliphatic hydroxyl groups excluding tert-OH is 3. The van der Waals surface area contributed by atoms with Crippen molar-refractivity contribution in [2.24, 2.45) is 59.0 Å². The number of carbonyl (C=O) groups excluding carboxylic acids is 2. The number of ether oxygens (including phenoxy) is 1. The molecule has 276 valence electrons. The fourth-order valence-electron chi connectivity index (χ4n) is 11.1. The molecule has 0 bridgehead atoms. The number of rotatable bonds is 11. The van der Waals surface area contributed by atoms with Crippen molar-refractivity contribution in [1.82, 2.24) is 10.6 Å². The summed E-state index contributed by atoms with van der Waals surface area (Å²) in [5.41, 5.74) is 6.10. The minimum absolute atomic E-state index is 0.0396. The fraction of sp³-hybridized carbons (Fsp3) is 0.900. The first-order valence-electron chi connectivity index (χ1n) is 20.0. The highest BCUT2D eigenvalue weighted by molar-refractivity contribution is 5.84. The molecule has 0 amide bonds. The Morgan fingerprint density at radius 3 is 2.45 bits per heavy atom. The standard InChI is InChI=1S/C40H65N3O6/c1-49-39-20-27-7-15-37(47)33(36(46)14-4-24-3-11-31-28(18-24)23-43-35-21-30(45)10-13-32(31)35)12-6-26(34(27)22-38(39)48)5-9-29(44)8-2-25-16-17-42-40(41)19-25/h24-29,31-36,38-40,42-44,46,48H,2-5,7-11,13-23,41H2,1H3. The van der Waals surface area contributed by atoms with Crippen molar-refractivity contribution in [2.45, 2.75) is 152 Å². The van der Waals surface area contributed by atoms with Gasteiger partial charge in [-0.25, -0.2) is 0 Å². The second kappa shape index (κ2) is 17.4. The molecule has 0 aromatic heterocycles. The third kappa shape index (κ3) is 9.54. The molecule has 0 aromatic rings. The topological polar surface area (TPSA) is 154 Å². The lowest BCUT2D eigenvalue weighted by Gasteiger charge is -2.49. The zero-order valence-electron chi connectivity index (χ0n) is 29.9. The number of hydrogen-bond acceptors (Lipinski definition) is 9. The van der Waals surface area contributed by atoms with Crippen LogP contribution in [0.4, 0.5) is 0 Å². The quantitative estimate of drug-likeness (QED) is 0.179. The van der Waals surface area contributed by atoms with Crippen LogP contribution in [0.2, 0.25) is 0 Å². The SMILES string of the molecule is COC1CC2CCC(=O)C(C(O)CCC3CCC4C(CNC5CC(=O)CCC54)C3)C#CC(CCC(O)CCC3CCNC(N)C3)C2CC1O. The first-order valence-corrected chi connectivity index (χ1v) is 20.0. The number of ketones is 2. The Bertz CT molecular complexity index is 1170. The van der Waals surface area contributed by atoms with Gasteiger partial charge in [0, 0.05) is 38.3 Å². The maximum Gasteiger partial charge on any atom is 0.150 e. The van der Waals surface area contributed by atoms with Crippen molar-refractivity contribution in [1.29, 1.82) is 0 Å². The number of fused-ring (bicyclic) bond motifs is 4. The van der Waals surface area contributed by atoms with Crippen LogP contribution in [-0.4, -0.2) is 83.7 Å². The molecule has 2 aliphatic heterocycles. The molecule has 6 aliphatic rings. The van der Waals surface area contributed by atoms with E-state index in [1.54, 1.807) is 7.11 Å². The molecule has 15 atom stereocenters. The average molecular weight is 684 g/mol. The summed E-state index contributed by atoms with van der Waals surface area (Å²) in [6.07, 6.45) is 13.1. The normalized spacial score (nSPS) is 42.6. The summed E-state index contributed by atoms with van der Waals surface area (Å²) in [6.45, 7) is 1.93. The van der Waals surface area contributed by atoms with Gasteiger partial charge in [0.2, 0.25) is 0 Å². The molecule has 4 aliphatic carbocycles. The monoisotopic (exact) mass is 683 g/mol. The van der Waals surface area contributed by atoms with Gasteiger partial charge < -0.3 is 36.4 Å². The van der Waals surface area contributed by atoms with Crippen LogP contribution in [0.1, 0.15) is 116 Å². The molecule has 2 heterocycles. The molecule has 9 nitrogen and oxygen atoms in total. The first kappa shape index (κ1) is 37.4. The number of methoxy groups -OCH3 is 1. The van der Waals surface area contributed by atoms with Crippen LogP contribution in [0.15, 0.2) is 0 Å². The van der Waals surface area contributed by atoms with Crippen molar-refractivity contribution >= 4 is 11.6 Å². The summed E-state index contributed by atoms with van der Waals surface area (Å²) in [5, 5.41) is 40.5. The van der Waals surface area contributed by atoms with Gasteiger partial charge in [-0.2, -0.15) is 0 Å². The van der Waals surface area contributed by atoms with Gasteiger partial charge in [0.15, 0.2) is 0 Å². The van der Waals surface area contributed by atoms with Crippen LogP contribution in [0.5, 0.6) is 0 Å². The Kier molecular flexibility index (Phi) is 13.3. The molecule has 7 N–H and O–H groups in total. The average Bonchev–Trinajstić information content (AvgIpc) is 3.16. The highest BCUT2D eigenvalue weighted by Crippen LogP contribution is 2.47. The summed E-state index contributed by atoms with van der Waals surface area (Å²) in [5.74, 6) is 9.92. The van der Waals surface area contributed by atoms with Crippen LogP contribution in [0.25, 0.3) is 0 Å². The largest absolute Gasteiger partial charge is 0.393 e. The van der Waals surface area contributed by atoms with Gasteiger partial charge in [-0.1, -0.05) is 18.3 Å². The van der Waals surface area contributed by atoms with Crippen LogP contribution >= 0.6 is 0 Å². The summed E-state index contributed by atoms with van der Waals surface area (Å²) in [7, 11) is 1.65. The molecule has 15 unspecified atom stereocenters. The van der Waals surface area contributed by atoms with Crippen LogP contribution in [0, 0.1) is 65.1 Å². The van der Waals surface area contributed by atoms with Gasteiger partial charge in [-0.05, 0) is 144 Å². The highest BCUT2D eigenvalue weighted by Gasteiger charge is 2.45. The molecule has 5 fully saturated rings. The van der Waals surface area contributed by atoms with Crippen molar-refractivity contribution in [2.75, 3.05) is 20.2 Å². The molecule has 2 saturated heterocycles.